The zero-order valence-corrected chi connectivity index (χ0v) is 12.1. The molecule has 0 spiro atoms. The second-order valence-corrected chi connectivity index (χ2v) is 5.60. The molecular weight excluding hydrogens is 236 g/mol. The van der Waals surface area contributed by atoms with E-state index in [1.807, 2.05) is 18.2 Å². The van der Waals surface area contributed by atoms with Crippen molar-refractivity contribution < 1.29 is 5.11 Å². The Morgan fingerprint density at radius 3 is 2.53 bits per heavy atom. The van der Waals surface area contributed by atoms with Crippen molar-refractivity contribution in [2.75, 3.05) is 26.7 Å². The summed E-state index contributed by atoms with van der Waals surface area (Å²) >= 11 is 0. The van der Waals surface area contributed by atoms with E-state index in [1.54, 1.807) is 0 Å². The Hall–Kier alpha value is -0.900. The normalized spacial score (nSPS) is 18.5. The van der Waals surface area contributed by atoms with Gasteiger partial charge in [-0.05, 0) is 38.4 Å². The maximum Gasteiger partial charge on any atom is 0.0681 e. The fourth-order valence-corrected chi connectivity index (χ4v) is 2.72. The molecule has 2 N–H and O–H groups in total. The van der Waals surface area contributed by atoms with E-state index in [1.165, 1.54) is 18.4 Å². The first-order chi connectivity index (χ1) is 9.22. The van der Waals surface area contributed by atoms with E-state index in [2.05, 4.69) is 36.3 Å². The fraction of sp³-hybridized carbons (Fsp3) is 0.625. The zero-order valence-electron chi connectivity index (χ0n) is 12.1. The van der Waals surface area contributed by atoms with Crippen molar-refractivity contribution >= 4 is 0 Å². The molecule has 1 saturated carbocycles. The summed E-state index contributed by atoms with van der Waals surface area (Å²) in [5.74, 6) is 0. The van der Waals surface area contributed by atoms with Gasteiger partial charge >= 0.3 is 0 Å². The van der Waals surface area contributed by atoms with E-state index >= 15 is 0 Å². The Labute approximate surface area is 116 Å². The molecule has 1 unspecified atom stereocenters. The van der Waals surface area contributed by atoms with Gasteiger partial charge in [-0.2, -0.15) is 0 Å². The highest BCUT2D eigenvalue weighted by molar-refractivity contribution is 5.24. The van der Waals surface area contributed by atoms with Crippen LogP contribution in [0.5, 0.6) is 0 Å². The van der Waals surface area contributed by atoms with Gasteiger partial charge in [-0.3, -0.25) is 0 Å². The summed E-state index contributed by atoms with van der Waals surface area (Å²) in [7, 11) is 2.19. The van der Waals surface area contributed by atoms with Gasteiger partial charge in [-0.1, -0.05) is 37.3 Å². The molecule has 0 bridgehead atoms. The predicted octanol–water partition coefficient (Wildman–Crippen LogP) is 1.97. The van der Waals surface area contributed by atoms with Crippen molar-refractivity contribution in [3.8, 4) is 0 Å². The summed E-state index contributed by atoms with van der Waals surface area (Å²) in [6, 6.07) is 11.1. The minimum atomic E-state index is -0.306. The highest BCUT2D eigenvalue weighted by Gasteiger charge is 2.33. The van der Waals surface area contributed by atoms with E-state index < -0.39 is 0 Å². The molecule has 3 nitrogen and oxygen atoms in total. The van der Waals surface area contributed by atoms with Crippen LogP contribution in [0.1, 0.15) is 31.7 Å². The summed E-state index contributed by atoms with van der Waals surface area (Å²) in [6.07, 6.45) is 3.60. The first-order valence-electron chi connectivity index (χ1n) is 7.33. The van der Waals surface area contributed by atoms with Gasteiger partial charge < -0.3 is 15.3 Å². The quantitative estimate of drug-likeness (QED) is 0.752. The van der Waals surface area contributed by atoms with Crippen molar-refractivity contribution in [2.45, 2.75) is 37.8 Å². The first kappa shape index (κ1) is 14.5. The summed E-state index contributed by atoms with van der Waals surface area (Å²) in [6.45, 7) is 4.12. The smallest absolute Gasteiger partial charge is 0.0681 e. The number of likely N-dealkylation sites (N-methyl/N-ethyl adjacent to an activating group) is 1. The molecule has 19 heavy (non-hydrogen) atoms. The number of hydrogen-bond acceptors (Lipinski definition) is 3. The molecule has 0 aliphatic heterocycles. The molecule has 0 aromatic heterocycles. The number of benzene rings is 1. The number of hydrogen-bond donors (Lipinski definition) is 2. The summed E-state index contributed by atoms with van der Waals surface area (Å²) in [5.41, 5.74) is 0.877. The minimum absolute atomic E-state index is 0.142. The fourth-order valence-electron chi connectivity index (χ4n) is 2.72. The average Bonchev–Trinajstić information content (AvgIpc) is 3.29. The van der Waals surface area contributed by atoms with Gasteiger partial charge in [0.05, 0.1) is 12.1 Å². The van der Waals surface area contributed by atoms with Gasteiger partial charge in [0.25, 0.3) is 0 Å². The van der Waals surface area contributed by atoms with E-state index in [-0.39, 0.29) is 12.1 Å². The Kier molecular flexibility index (Phi) is 4.97. The molecule has 1 fully saturated rings. The minimum Gasteiger partial charge on any atom is -0.394 e. The largest absolute Gasteiger partial charge is 0.394 e. The van der Waals surface area contributed by atoms with Gasteiger partial charge in [-0.15, -0.1) is 0 Å². The highest BCUT2D eigenvalue weighted by Crippen LogP contribution is 2.29. The molecule has 0 heterocycles. The van der Waals surface area contributed by atoms with Crippen molar-refractivity contribution in [3.05, 3.63) is 35.9 Å². The average molecular weight is 262 g/mol. The van der Waals surface area contributed by atoms with Crippen molar-refractivity contribution in [1.82, 2.24) is 10.2 Å². The van der Waals surface area contributed by atoms with Gasteiger partial charge in [-0.25, -0.2) is 0 Å². The van der Waals surface area contributed by atoms with Crippen molar-refractivity contribution in [3.63, 3.8) is 0 Å². The molecule has 1 aliphatic carbocycles. The van der Waals surface area contributed by atoms with Crippen LogP contribution in [0.15, 0.2) is 30.3 Å². The topological polar surface area (TPSA) is 35.5 Å². The van der Waals surface area contributed by atoms with Crippen molar-refractivity contribution in [1.29, 1.82) is 0 Å². The molecule has 1 aliphatic rings. The van der Waals surface area contributed by atoms with Crippen LogP contribution < -0.4 is 5.32 Å². The summed E-state index contributed by atoms with van der Waals surface area (Å²) in [5, 5.41) is 13.4. The number of rotatable bonds is 8. The number of aliphatic hydroxyl groups is 1. The highest BCUT2D eigenvalue weighted by atomic mass is 16.3. The Balaban J connectivity index is 2.08. The third kappa shape index (κ3) is 3.56. The lowest BCUT2D eigenvalue weighted by Crippen LogP contribution is -2.47. The molecule has 1 aromatic carbocycles. The van der Waals surface area contributed by atoms with E-state index in [0.29, 0.717) is 0 Å². The van der Waals surface area contributed by atoms with Crippen LogP contribution >= 0.6 is 0 Å². The molecule has 3 heteroatoms. The Morgan fingerprint density at radius 1 is 1.32 bits per heavy atom. The number of nitrogens with one attached hydrogen (secondary N) is 1. The maximum atomic E-state index is 9.95. The predicted molar refractivity (Wildman–Crippen MR) is 79.2 cm³/mol. The summed E-state index contributed by atoms with van der Waals surface area (Å²) in [4.78, 5) is 2.42. The second-order valence-electron chi connectivity index (χ2n) is 5.60. The van der Waals surface area contributed by atoms with Crippen LogP contribution in [0.2, 0.25) is 0 Å². The third-order valence-corrected chi connectivity index (χ3v) is 4.17. The number of nitrogens with zero attached hydrogens (tertiary/aromatic N) is 1. The van der Waals surface area contributed by atoms with E-state index in [9.17, 15) is 5.11 Å². The monoisotopic (exact) mass is 262 g/mol. The number of aliphatic hydroxyl groups excluding tert-OH is 1. The second kappa shape index (κ2) is 6.51. The molecule has 1 aromatic rings. The molecule has 1 atom stereocenters. The standard InChI is InChI=1S/C16H26N2O/c1-3-17-16(13-19,14-7-5-4-6-8-14)11-12-18(2)15-9-10-15/h4-8,15,17,19H,3,9-13H2,1-2H3. The lowest BCUT2D eigenvalue weighted by Gasteiger charge is -2.35. The van der Waals surface area contributed by atoms with Crippen LogP contribution in [-0.4, -0.2) is 42.8 Å². The van der Waals surface area contributed by atoms with Crippen LogP contribution in [0.25, 0.3) is 0 Å². The van der Waals surface area contributed by atoms with Gasteiger partial charge in [0.15, 0.2) is 0 Å². The van der Waals surface area contributed by atoms with Crippen LogP contribution in [0.3, 0.4) is 0 Å². The van der Waals surface area contributed by atoms with E-state index in [4.69, 9.17) is 0 Å². The van der Waals surface area contributed by atoms with Gasteiger partial charge in [0.2, 0.25) is 0 Å². The molecule has 0 radical (unpaired) electrons. The van der Waals surface area contributed by atoms with Crippen LogP contribution in [-0.2, 0) is 5.54 Å². The van der Waals surface area contributed by atoms with Crippen LogP contribution in [0.4, 0.5) is 0 Å². The lowest BCUT2D eigenvalue weighted by molar-refractivity contribution is 0.137. The van der Waals surface area contributed by atoms with Crippen LogP contribution in [0, 0.1) is 0 Å². The van der Waals surface area contributed by atoms with E-state index in [0.717, 1.165) is 25.6 Å². The van der Waals surface area contributed by atoms with Gasteiger partial charge in [0.1, 0.15) is 0 Å². The molecule has 106 valence electrons. The van der Waals surface area contributed by atoms with Crippen molar-refractivity contribution in [2.24, 2.45) is 0 Å². The lowest BCUT2D eigenvalue weighted by atomic mass is 9.87. The summed E-state index contributed by atoms with van der Waals surface area (Å²) < 4.78 is 0. The Morgan fingerprint density at radius 2 is 2.00 bits per heavy atom. The maximum absolute atomic E-state index is 9.95. The Bertz CT molecular complexity index is 378. The molecular formula is C16H26N2O. The molecule has 0 saturated heterocycles. The zero-order chi connectivity index (χ0) is 13.7. The third-order valence-electron chi connectivity index (χ3n) is 4.17. The SMILES string of the molecule is CCNC(CO)(CCN(C)C1CC1)c1ccccc1. The van der Waals surface area contributed by atoms with Gasteiger partial charge in [0, 0.05) is 12.6 Å². The first-order valence-corrected chi connectivity index (χ1v) is 7.33. The molecule has 0 amide bonds. The molecule has 2 rings (SSSR count).